The van der Waals surface area contributed by atoms with Crippen molar-refractivity contribution in [3.05, 3.63) is 0 Å². The molecule has 0 radical (unpaired) electrons. The van der Waals surface area contributed by atoms with Crippen molar-refractivity contribution in [3.63, 3.8) is 0 Å². The Bertz CT molecular complexity index is 394. The van der Waals surface area contributed by atoms with Crippen molar-refractivity contribution in [1.82, 2.24) is 25.8 Å². The number of rotatable bonds is 3. The van der Waals surface area contributed by atoms with Gasteiger partial charge in [0.2, 0.25) is 5.91 Å². The van der Waals surface area contributed by atoms with Gasteiger partial charge in [0.15, 0.2) is 5.96 Å². The largest absolute Gasteiger partial charge is 0.355 e. The molecule has 7 nitrogen and oxygen atoms in total. The first-order valence-electron chi connectivity index (χ1n) is 7.95. The van der Waals surface area contributed by atoms with Crippen LogP contribution in [-0.4, -0.2) is 86.6 Å². The SMILES string of the molecule is CN=C(NCC1CN2CCN1CC2)NC1CCC(=O)NC1. The zero-order chi connectivity index (χ0) is 14.7. The molecule has 0 aromatic rings. The molecule has 0 aromatic carbocycles. The lowest BCUT2D eigenvalue weighted by atomic mass is 10.1. The van der Waals surface area contributed by atoms with E-state index >= 15 is 0 Å². The number of piperidine rings is 1. The molecule has 2 atom stereocenters. The second kappa shape index (κ2) is 6.62. The zero-order valence-electron chi connectivity index (χ0n) is 12.8. The number of aliphatic imine (C=N–C) groups is 1. The Balaban J connectivity index is 1.43. The van der Waals surface area contributed by atoms with Crippen LogP contribution in [0.5, 0.6) is 0 Å². The third-order valence-corrected chi connectivity index (χ3v) is 4.73. The highest BCUT2D eigenvalue weighted by atomic mass is 16.1. The van der Waals surface area contributed by atoms with Crippen molar-refractivity contribution >= 4 is 11.9 Å². The Morgan fingerprint density at radius 3 is 2.76 bits per heavy atom. The van der Waals surface area contributed by atoms with Gasteiger partial charge in [-0.25, -0.2) is 0 Å². The predicted molar refractivity (Wildman–Crippen MR) is 82.3 cm³/mol. The van der Waals surface area contributed by atoms with Crippen LogP contribution in [0.4, 0.5) is 0 Å². The van der Waals surface area contributed by atoms with Crippen molar-refractivity contribution < 1.29 is 4.79 Å². The average molecular weight is 294 g/mol. The van der Waals surface area contributed by atoms with Gasteiger partial charge in [0, 0.05) is 71.4 Å². The molecule has 2 bridgehead atoms. The number of amides is 1. The van der Waals surface area contributed by atoms with Gasteiger partial charge in [0.05, 0.1) is 0 Å². The van der Waals surface area contributed by atoms with Crippen LogP contribution < -0.4 is 16.0 Å². The van der Waals surface area contributed by atoms with E-state index in [0.717, 1.165) is 25.5 Å². The quantitative estimate of drug-likeness (QED) is 0.433. The summed E-state index contributed by atoms with van der Waals surface area (Å²) in [6.45, 7) is 7.57. The smallest absolute Gasteiger partial charge is 0.220 e. The van der Waals surface area contributed by atoms with Gasteiger partial charge >= 0.3 is 0 Å². The van der Waals surface area contributed by atoms with E-state index in [1.165, 1.54) is 26.2 Å². The fourth-order valence-corrected chi connectivity index (χ4v) is 3.38. The predicted octanol–water partition coefficient (Wildman–Crippen LogP) is -1.57. The maximum atomic E-state index is 11.2. The molecular formula is C14H26N6O. The Morgan fingerprint density at radius 2 is 2.19 bits per heavy atom. The minimum Gasteiger partial charge on any atom is -0.355 e. The topological polar surface area (TPSA) is 72.0 Å². The van der Waals surface area contributed by atoms with Crippen LogP contribution in [0, 0.1) is 0 Å². The van der Waals surface area contributed by atoms with Crippen molar-refractivity contribution in [1.29, 1.82) is 0 Å². The molecule has 7 heteroatoms. The number of carbonyl (C=O) groups excluding carboxylic acids is 1. The number of hydrogen-bond donors (Lipinski definition) is 3. The molecule has 0 aromatic heterocycles. The Hall–Kier alpha value is -1.34. The summed E-state index contributed by atoms with van der Waals surface area (Å²) in [4.78, 5) is 20.6. The Morgan fingerprint density at radius 1 is 1.38 bits per heavy atom. The first-order chi connectivity index (χ1) is 10.2. The van der Waals surface area contributed by atoms with E-state index in [9.17, 15) is 4.79 Å². The highest BCUT2D eigenvalue weighted by Gasteiger charge is 2.31. The van der Waals surface area contributed by atoms with E-state index in [4.69, 9.17) is 0 Å². The Labute approximate surface area is 126 Å². The van der Waals surface area contributed by atoms with Crippen LogP contribution in [-0.2, 0) is 4.79 Å². The molecule has 0 aliphatic carbocycles. The van der Waals surface area contributed by atoms with Gasteiger partial charge in [-0.3, -0.25) is 19.6 Å². The second-order valence-electron chi connectivity index (χ2n) is 6.13. The molecule has 4 aliphatic heterocycles. The van der Waals surface area contributed by atoms with Crippen molar-refractivity contribution in [3.8, 4) is 0 Å². The first-order valence-corrected chi connectivity index (χ1v) is 7.95. The number of guanidine groups is 1. The van der Waals surface area contributed by atoms with Crippen LogP contribution in [0.1, 0.15) is 12.8 Å². The number of nitrogens with zero attached hydrogens (tertiary/aromatic N) is 3. The summed E-state index contributed by atoms with van der Waals surface area (Å²) in [5.74, 6) is 0.991. The van der Waals surface area contributed by atoms with E-state index in [0.29, 0.717) is 19.0 Å². The molecule has 2 unspecified atom stereocenters. The molecule has 4 aliphatic rings. The number of piperazine rings is 3. The van der Waals surface area contributed by atoms with Crippen molar-refractivity contribution in [2.75, 3.05) is 52.9 Å². The lowest BCUT2D eigenvalue weighted by Gasteiger charge is -2.47. The van der Waals surface area contributed by atoms with Gasteiger partial charge in [-0.1, -0.05) is 0 Å². The lowest BCUT2D eigenvalue weighted by molar-refractivity contribution is -0.122. The molecule has 0 saturated carbocycles. The summed E-state index contributed by atoms with van der Waals surface area (Å²) in [6.07, 6.45) is 1.47. The zero-order valence-corrected chi connectivity index (χ0v) is 12.8. The lowest BCUT2D eigenvalue weighted by Crippen LogP contribution is -2.64. The summed E-state index contributed by atoms with van der Waals surface area (Å²) < 4.78 is 0. The minimum atomic E-state index is 0.149. The summed E-state index contributed by atoms with van der Waals surface area (Å²) in [7, 11) is 1.80. The normalized spacial score (nSPS) is 36.2. The molecule has 21 heavy (non-hydrogen) atoms. The van der Waals surface area contributed by atoms with Crippen LogP contribution in [0.3, 0.4) is 0 Å². The molecule has 3 N–H and O–H groups in total. The number of hydrogen-bond acceptors (Lipinski definition) is 4. The molecule has 4 heterocycles. The van der Waals surface area contributed by atoms with Gasteiger partial charge in [0.1, 0.15) is 0 Å². The summed E-state index contributed by atoms with van der Waals surface area (Å²) in [5.41, 5.74) is 0. The van der Waals surface area contributed by atoms with E-state index in [2.05, 4.69) is 30.7 Å². The maximum absolute atomic E-state index is 11.2. The van der Waals surface area contributed by atoms with Crippen LogP contribution in [0.15, 0.2) is 4.99 Å². The van der Waals surface area contributed by atoms with Gasteiger partial charge < -0.3 is 16.0 Å². The van der Waals surface area contributed by atoms with E-state index in [1.807, 2.05) is 0 Å². The van der Waals surface area contributed by atoms with Crippen molar-refractivity contribution in [2.45, 2.75) is 24.9 Å². The molecular weight excluding hydrogens is 268 g/mol. The molecule has 4 saturated heterocycles. The standard InChI is InChI=1S/C14H26N6O/c1-15-14(18-11-2-3-13(21)16-8-11)17-9-12-10-19-4-6-20(12)7-5-19/h11-12H,2-10H2,1H3,(H,16,21)(H2,15,17,18). The highest BCUT2D eigenvalue weighted by Crippen LogP contribution is 2.14. The van der Waals surface area contributed by atoms with Crippen LogP contribution in [0.2, 0.25) is 0 Å². The van der Waals surface area contributed by atoms with E-state index < -0.39 is 0 Å². The van der Waals surface area contributed by atoms with Gasteiger partial charge in [-0.2, -0.15) is 0 Å². The second-order valence-corrected chi connectivity index (χ2v) is 6.13. The molecule has 4 fully saturated rings. The fourth-order valence-electron chi connectivity index (χ4n) is 3.38. The van der Waals surface area contributed by atoms with Gasteiger partial charge in [-0.15, -0.1) is 0 Å². The number of carbonyl (C=O) groups is 1. The molecule has 4 rings (SSSR count). The molecule has 118 valence electrons. The Kier molecular flexibility index (Phi) is 4.60. The number of nitrogens with one attached hydrogen (secondary N) is 3. The van der Waals surface area contributed by atoms with Crippen LogP contribution >= 0.6 is 0 Å². The highest BCUT2D eigenvalue weighted by molar-refractivity contribution is 5.81. The van der Waals surface area contributed by atoms with Gasteiger partial charge in [0.25, 0.3) is 0 Å². The minimum absolute atomic E-state index is 0.149. The summed E-state index contributed by atoms with van der Waals surface area (Å²) in [6, 6.07) is 0.859. The van der Waals surface area contributed by atoms with E-state index in [1.54, 1.807) is 7.05 Å². The van der Waals surface area contributed by atoms with Gasteiger partial charge in [-0.05, 0) is 6.42 Å². The third kappa shape index (κ3) is 3.65. The third-order valence-electron chi connectivity index (χ3n) is 4.73. The number of fused-ring (bicyclic) bond motifs is 3. The summed E-state index contributed by atoms with van der Waals surface area (Å²) in [5, 5.41) is 9.73. The summed E-state index contributed by atoms with van der Waals surface area (Å²) >= 11 is 0. The fraction of sp³-hybridized carbons (Fsp3) is 0.857. The average Bonchev–Trinajstić information content (AvgIpc) is 2.54. The van der Waals surface area contributed by atoms with Crippen LogP contribution in [0.25, 0.3) is 0 Å². The maximum Gasteiger partial charge on any atom is 0.220 e. The van der Waals surface area contributed by atoms with E-state index in [-0.39, 0.29) is 11.9 Å². The molecule has 1 amide bonds. The first kappa shape index (κ1) is 14.6. The molecule has 0 spiro atoms. The van der Waals surface area contributed by atoms with Crippen molar-refractivity contribution in [2.24, 2.45) is 4.99 Å². The monoisotopic (exact) mass is 294 g/mol.